The van der Waals surface area contributed by atoms with Gasteiger partial charge in [-0.05, 0) is 6.92 Å². The van der Waals surface area contributed by atoms with E-state index in [1.807, 2.05) is 0 Å². The van der Waals surface area contributed by atoms with Crippen LogP contribution < -0.4 is 0 Å². The van der Waals surface area contributed by atoms with Gasteiger partial charge >= 0.3 is 5.97 Å². The zero-order chi connectivity index (χ0) is 8.70. The summed E-state index contributed by atoms with van der Waals surface area (Å²) in [6.45, 7) is -0.593. The van der Waals surface area contributed by atoms with E-state index in [0.717, 1.165) is 0 Å². The van der Waals surface area contributed by atoms with E-state index in [1.54, 1.807) is 0 Å². The van der Waals surface area contributed by atoms with E-state index >= 15 is 0 Å². The third-order valence-electron chi connectivity index (χ3n) is 1.16. The zero-order valence-electron chi connectivity index (χ0n) is 7.18. The van der Waals surface area contributed by atoms with E-state index in [1.165, 1.54) is 6.92 Å². The molecule has 0 amide bonds. The van der Waals surface area contributed by atoms with Crippen molar-refractivity contribution in [1.29, 1.82) is 0 Å². The molecule has 1 aliphatic heterocycles. The molecule has 1 N–H and O–H groups in total. The van der Waals surface area contributed by atoms with E-state index in [2.05, 4.69) is 4.74 Å². The van der Waals surface area contributed by atoms with Gasteiger partial charge in [0.25, 0.3) is 0 Å². The molecule has 3 nitrogen and oxygen atoms in total. The van der Waals surface area contributed by atoms with Crippen molar-refractivity contribution in [1.82, 2.24) is 0 Å². The Labute approximate surface area is 56.4 Å². The Kier molecular flexibility index (Phi) is 0.945. The van der Waals surface area contributed by atoms with Crippen LogP contribution in [0.2, 0.25) is 0 Å². The Hall–Kier alpha value is -0.570. The van der Waals surface area contributed by atoms with Crippen molar-refractivity contribution in [3.05, 3.63) is 0 Å². The number of carbonyl (C=O) groups is 1. The summed E-state index contributed by atoms with van der Waals surface area (Å²) in [7, 11) is 0. The van der Waals surface area contributed by atoms with E-state index in [4.69, 9.17) is 2.74 Å². The van der Waals surface area contributed by atoms with Crippen LogP contribution >= 0.6 is 0 Å². The molecule has 1 aliphatic rings. The molecule has 0 aromatic heterocycles. The van der Waals surface area contributed by atoms with Crippen LogP contribution in [0.1, 0.15) is 22.5 Å². The molecule has 1 rings (SSSR count). The van der Waals surface area contributed by atoms with Crippen LogP contribution in [0.5, 0.6) is 0 Å². The summed E-state index contributed by atoms with van der Waals surface area (Å²) in [5.41, 5.74) is -1.27. The van der Waals surface area contributed by atoms with Crippen LogP contribution in [-0.4, -0.2) is 23.2 Å². The van der Waals surface area contributed by atoms with Crippen molar-refractivity contribution < 1.29 is 17.4 Å². The molecule has 0 bridgehead atoms. The monoisotopic (exact) mass is 132 g/mol. The molecular formula is C6H10O3. The highest BCUT2D eigenvalue weighted by Gasteiger charge is 2.29. The SMILES string of the molecule is [2H]C1([2H])CC(C)(O)CC(=O)O1. The lowest BCUT2D eigenvalue weighted by atomic mass is 9.97. The minimum atomic E-state index is -2.02. The molecule has 1 unspecified atom stereocenters. The van der Waals surface area contributed by atoms with Gasteiger partial charge in [0.15, 0.2) is 0 Å². The van der Waals surface area contributed by atoms with Gasteiger partial charge in [0.1, 0.15) is 0 Å². The van der Waals surface area contributed by atoms with Gasteiger partial charge in [-0.1, -0.05) is 0 Å². The van der Waals surface area contributed by atoms with E-state index in [-0.39, 0.29) is 12.8 Å². The first-order valence-electron chi connectivity index (χ1n) is 3.75. The molecule has 1 fully saturated rings. The summed E-state index contributed by atoms with van der Waals surface area (Å²) < 4.78 is 18.5. The topological polar surface area (TPSA) is 46.5 Å². The van der Waals surface area contributed by atoms with Gasteiger partial charge in [0.2, 0.25) is 0 Å². The fraction of sp³-hybridized carbons (Fsp3) is 0.833. The summed E-state index contributed by atoms with van der Waals surface area (Å²) in [6.07, 6.45) is -0.293. The van der Waals surface area contributed by atoms with Crippen molar-refractivity contribution in [3.8, 4) is 0 Å². The van der Waals surface area contributed by atoms with Gasteiger partial charge in [-0.25, -0.2) is 0 Å². The Morgan fingerprint density at radius 1 is 2.00 bits per heavy atom. The van der Waals surface area contributed by atoms with Crippen LogP contribution in [0, 0.1) is 0 Å². The van der Waals surface area contributed by atoms with Crippen LogP contribution in [-0.2, 0) is 9.53 Å². The molecule has 1 atom stereocenters. The predicted octanol–water partition coefficient (Wildman–Crippen LogP) is 0.0744. The molecular weight excluding hydrogens is 120 g/mol. The summed E-state index contributed by atoms with van der Waals surface area (Å²) in [6, 6.07) is 0. The maximum Gasteiger partial charge on any atom is 0.308 e. The normalized spacial score (nSPS) is 44.9. The van der Waals surface area contributed by atoms with Crippen LogP contribution in [0.15, 0.2) is 0 Å². The molecule has 0 saturated carbocycles. The van der Waals surface area contributed by atoms with Crippen molar-refractivity contribution in [2.24, 2.45) is 0 Å². The number of carbonyl (C=O) groups excluding carboxylic acids is 1. The van der Waals surface area contributed by atoms with Crippen molar-refractivity contribution in [2.45, 2.75) is 25.4 Å². The zero-order valence-corrected chi connectivity index (χ0v) is 5.18. The highest BCUT2D eigenvalue weighted by atomic mass is 16.5. The lowest BCUT2D eigenvalue weighted by Gasteiger charge is -2.26. The summed E-state index contributed by atoms with van der Waals surface area (Å²) >= 11 is 0. The van der Waals surface area contributed by atoms with Gasteiger partial charge in [-0.2, -0.15) is 0 Å². The molecule has 0 aliphatic carbocycles. The van der Waals surface area contributed by atoms with Gasteiger partial charge < -0.3 is 9.84 Å². The van der Waals surface area contributed by atoms with E-state index in [0.29, 0.717) is 0 Å². The van der Waals surface area contributed by atoms with E-state index < -0.39 is 18.1 Å². The molecule has 0 radical (unpaired) electrons. The average molecular weight is 132 g/mol. The Bertz CT molecular complexity index is 170. The molecule has 0 aromatic carbocycles. The maximum atomic E-state index is 10.7. The number of aliphatic hydroxyl groups is 1. The average Bonchev–Trinajstić information content (AvgIpc) is 1.49. The molecule has 0 spiro atoms. The molecule has 1 saturated heterocycles. The molecule has 1 heterocycles. The van der Waals surface area contributed by atoms with Gasteiger partial charge in [-0.15, -0.1) is 0 Å². The van der Waals surface area contributed by atoms with Crippen LogP contribution in [0.25, 0.3) is 0 Å². The van der Waals surface area contributed by atoms with Crippen molar-refractivity contribution >= 4 is 5.97 Å². The molecule has 3 heteroatoms. The highest BCUT2D eigenvalue weighted by molar-refractivity contribution is 5.71. The lowest BCUT2D eigenvalue weighted by Crippen LogP contribution is -2.35. The number of esters is 1. The molecule has 0 aromatic rings. The van der Waals surface area contributed by atoms with Gasteiger partial charge in [0, 0.05) is 6.42 Å². The number of hydrogen-bond acceptors (Lipinski definition) is 3. The second-order valence-corrected chi connectivity index (χ2v) is 2.47. The fourth-order valence-electron chi connectivity index (χ4n) is 0.682. The maximum absolute atomic E-state index is 10.7. The third kappa shape index (κ3) is 1.68. The molecule has 9 heavy (non-hydrogen) atoms. The minimum Gasteiger partial charge on any atom is -0.465 e. The Morgan fingerprint density at radius 3 is 3.11 bits per heavy atom. The van der Waals surface area contributed by atoms with Crippen molar-refractivity contribution in [3.63, 3.8) is 0 Å². The number of cyclic esters (lactones) is 1. The predicted molar refractivity (Wildman–Crippen MR) is 30.8 cm³/mol. The summed E-state index contributed by atoms with van der Waals surface area (Å²) in [4.78, 5) is 10.7. The second-order valence-electron chi connectivity index (χ2n) is 2.47. The lowest BCUT2D eigenvalue weighted by molar-refractivity contribution is -0.157. The van der Waals surface area contributed by atoms with Crippen LogP contribution in [0.3, 0.4) is 0 Å². The third-order valence-corrected chi connectivity index (χ3v) is 1.16. The van der Waals surface area contributed by atoms with Crippen LogP contribution in [0.4, 0.5) is 0 Å². The number of hydrogen-bond donors (Lipinski definition) is 1. The minimum absolute atomic E-state index is 0.132. The number of ether oxygens (including phenoxy) is 1. The van der Waals surface area contributed by atoms with Gasteiger partial charge in [-0.3, -0.25) is 4.79 Å². The largest absolute Gasteiger partial charge is 0.465 e. The smallest absolute Gasteiger partial charge is 0.308 e. The summed E-state index contributed by atoms with van der Waals surface area (Å²) in [5.74, 6) is -0.689. The first kappa shape index (κ1) is 4.28. The Morgan fingerprint density at radius 2 is 2.67 bits per heavy atom. The first-order chi connectivity index (χ1) is 4.81. The second kappa shape index (κ2) is 1.99. The Balaban J connectivity index is 2.74. The first-order valence-corrected chi connectivity index (χ1v) is 2.75. The quantitative estimate of drug-likeness (QED) is 0.474. The van der Waals surface area contributed by atoms with Crippen molar-refractivity contribution in [2.75, 3.05) is 6.56 Å². The fourth-order valence-corrected chi connectivity index (χ4v) is 0.682. The molecule has 52 valence electrons. The highest BCUT2D eigenvalue weighted by Crippen LogP contribution is 2.19. The van der Waals surface area contributed by atoms with E-state index in [9.17, 15) is 9.90 Å². The summed E-state index contributed by atoms with van der Waals surface area (Å²) in [5, 5.41) is 9.34. The van der Waals surface area contributed by atoms with Gasteiger partial charge in [0.05, 0.1) is 21.3 Å². The standard InChI is InChI=1S/C6H10O3/c1-6(8)2-3-9-5(7)4-6/h8H,2-4H2,1H3/i3D2. The number of rotatable bonds is 0.